The van der Waals surface area contributed by atoms with Crippen LogP contribution in [0.1, 0.15) is 12.7 Å². The molecule has 0 aliphatic heterocycles. The normalized spacial score (nSPS) is 12.2. The fourth-order valence-electron chi connectivity index (χ4n) is 1.51. The van der Waals surface area contributed by atoms with E-state index in [9.17, 15) is 9.11 Å². The van der Waals surface area contributed by atoms with E-state index in [1.54, 1.807) is 37.3 Å². The van der Waals surface area contributed by atoms with E-state index in [2.05, 4.69) is 9.88 Å². The van der Waals surface area contributed by atoms with Gasteiger partial charge in [-0.25, -0.2) is 0 Å². The largest absolute Gasteiger partial charge is 0.494 e. The van der Waals surface area contributed by atoms with Gasteiger partial charge in [0.25, 0.3) is 0 Å². The minimum atomic E-state index is -3.16. The smallest absolute Gasteiger partial charge is 0.187 e. The predicted octanol–water partition coefficient (Wildman–Crippen LogP) is 3.52. The molecule has 0 amide bonds. The molecule has 0 fully saturated rings. The Hall–Kier alpha value is -1.70. The Morgan fingerprint density at radius 1 is 1.32 bits per heavy atom. The lowest BCUT2D eigenvalue weighted by Crippen LogP contribution is -2.09. The first-order valence-corrected chi connectivity index (χ1v) is 7.28. The van der Waals surface area contributed by atoms with E-state index in [1.807, 2.05) is 6.92 Å². The van der Waals surface area contributed by atoms with Gasteiger partial charge in [0, 0.05) is 6.07 Å². The number of aromatic nitrogens is 1. The van der Waals surface area contributed by atoms with Crippen molar-refractivity contribution in [2.75, 3.05) is 11.3 Å². The molecule has 6 nitrogen and oxygen atoms in total. The number of ether oxygens (including phenoxy) is 1. The van der Waals surface area contributed by atoms with E-state index in [4.69, 9.17) is 9.26 Å². The van der Waals surface area contributed by atoms with Crippen molar-refractivity contribution in [1.82, 2.24) is 5.16 Å². The van der Waals surface area contributed by atoms with Gasteiger partial charge in [-0.1, -0.05) is 15.9 Å². The number of anilines is 1. The number of rotatable bonds is 5. The highest BCUT2D eigenvalue weighted by Gasteiger charge is 2.17. The summed E-state index contributed by atoms with van der Waals surface area (Å²) in [7, 11) is -3.16. The van der Waals surface area contributed by atoms with Gasteiger partial charge in [0.2, 0.25) is 0 Å². The molecular formula is C12H16N2O4S. The maximum atomic E-state index is 10.1. The average molecular weight is 284 g/mol. The number of nitrogens with zero attached hydrogens (tertiary/aromatic N) is 1. The molecule has 0 unspecified atom stereocenters. The molecule has 0 spiro atoms. The number of benzene rings is 1. The zero-order valence-electron chi connectivity index (χ0n) is 10.7. The van der Waals surface area contributed by atoms with Gasteiger partial charge in [0.1, 0.15) is 11.5 Å². The zero-order valence-corrected chi connectivity index (χ0v) is 11.5. The van der Waals surface area contributed by atoms with Crippen molar-refractivity contribution >= 4 is 16.6 Å². The van der Waals surface area contributed by atoms with Crippen molar-refractivity contribution in [3.63, 3.8) is 0 Å². The molecule has 19 heavy (non-hydrogen) atoms. The average Bonchev–Trinajstić information content (AvgIpc) is 2.75. The molecule has 0 aliphatic carbocycles. The molecule has 7 heteroatoms. The Morgan fingerprint density at radius 2 is 2.00 bits per heavy atom. The molecular weight excluding hydrogens is 268 g/mol. The second kappa shape index (κ2) is 5.52. The number of hydrogen-bond acceptors (Lipinski definition) is 6. The Balaban J connectivity index is 2.14. The Labute approximate surface area is 112 Å². The van der Waals surface area contributed by atoms with E-state index >= 15 is 0 Å². The van der Waals surface area contributed by atoms with Crippen molar-refractivity contribution in [2.24, 2.45) is 0 Å². The molecule has 3 N–H and O–H groups in total. The van der Waals surface area contributed by atoms with Crippen LogP contribution in [-0.2, 0) is 0 Å². The second-order valence-corrected chi connectivity index (χ2v) is 5.65. The van der Waals surface area contributed by atoms with Crippen molar-refractivity contribution in [2.45, 2.75) is 18.7 Å². The molecule has 0 radical (unpaired) electrons. The van der Waals surface area contributed by atoms with E-state index in [1.165, 1.54) is 0 Å². The number of hydrogen-bond donors (Lipinski definition) is 3. The van der Waals surface area contributed by atoms with Crippen LogP contribution in [-0.4, -0.2) is 20.9 Å². The Morgan fingerprint density at radius 3 is 2.53 bits per heavy atom. The lowest BCUT2D eigenvalue weighted by molar-refractivity contribution is 0.340. The van der Waals surface area contributed by atoms with Gasteiger partial charge >= 0.3 is 0 Å². The van der Waals surface area contributed by atoms with Gasteiger partial charge < -0.3 is 9.26 Å². The summed E-state index contributed by atoms with van der Waals surface area (Å²) in [4.78, 5) is 0.358. The lowest BCUT2D eigenvalue weighted by atomic mass is 10.3. The van der Waals surface area contributed by atoms with Gasteiger partial charge in [-0.3, -0.25) is 13.8 Å². The first kappa shape index (κ1) is 13.7. The van der Waals surface area contributed by atoms with Gasteiger partial charge in [0.05, 0.1) is 11.5 Å². The number of aryl methyl sites for hydroxylation is 1. The van der Waals surface area contributed by atoms with Crippen LogP contribution in [0.2, 0.25) is 0 Å². The molecule has 0 saturated heterocycles. The summed E-state index contributed by atoms with van der Waals surface area (Å²) in [5.41, 5.74) is 0. The first-order valence-electron chi connectivity index (χ1n) is 5.73. The molecule has 0 bridgehead atoms. The summed E-state index contributed by atoms with van der Waals surface area (Å²) >= 11 is 0. The summed E-state index contributed by atoms with van der Waals surface area (Å²) in [6.45, 7) is 4.17. The standard InChI is InChI=1S/C12H16N2O4S/c1-3-17-10-4-6-11(7-5-10)19(15,16)14-12-8-9(2)18-13-12/h4-8,15-16H,3H2,1-2H3,(H,13,14). The SMILES string of the molecule is CCOc1ccc(S(O)(O)Nc2cc(C)on2)cc1. The lowest BCUT2D eigenvalue weighted by Gasteiger charge is -2.32. The summed E-state index contributed by atoms with van der Waals surface area (Å²) in [5.74, 6) is 1.55. The highest BCUT2D eigenvalue weighted by Crippen LogP contribution is 2.47. The van der Waals surface area contributed by atoms with Gasteiger partial charge in [0.15, 0.2) is 5.82 Å². The van der Waals surface area contributed by atoms with Crippen molar-refractivity contribution in [3.8, 4) is 5.75 Å². The Kier molecular flexibility index (Phi) is 3.98. The number of nitrogens with one attached hydrogen (secondary N) is 1. The van der Waals surface area contributed by atoms with Gasteiger partial charge in [-0.05, 0) is 38.1 Å². The molecule has 1 aromatic carbocycles. The Bertz CT molecular complexity index is 539. The minimum absolute atomic E-state index is 0.284. The van der Waals surface area contributed by atoms with Crippen LogP contribution in [0.25, 0.3) is 0 Å². The van der Waals surface area contributed by atoms with Crippen LogP contribution >= 0.6 is 10.8 Å². The maximum absolute atomic E-state index is 10.1. The molecule has 0 atom stereocenters. The molecule has 1 aromatic heterocycles. The van der Waals surface area contributed by atoms with E-state index in [0.29, 0.717) is 23.0 Å². The summed E-state index contributed by atoms with van der Waals surface area (Å²) in [6.07, 6.45) is 0. The van der Waals surface area contributed by atoms with E-state index in [-0.39, 0.29) is 5.82 Å². The molecule has 2 aromatic rings. The quantitative estimate of drug-likeness (QED) is 0.778. The van der Waals surface area contributed by atoms with Crippen LogP contribution in [0.15, 0.2) is 39.8 Å². The van der Waals surface area contributed by atoms with Crippen LogP contribution < -0.4 is 9.46 Å². The molecule has 0 saturated carbocycles. The highest BCUT2D eigenvalue weighted by molar-refractivity contribution is 8.25. The third-order valence-electron chi connectivity index (χ3n) is 2.34. The second-order valence-electron chi connectivity index (χ2n) is 3.88. The monoisotopic (exact) mass is 284 g/mol. The van der Waals surface area contributed by atoms with Crippen molar-refractivity contribution < 1.29 is 18.4 Å². The molecule has 2 rings (SSSR count). The maximum Gasteiger partial charge on any atom is 0.187 e. The fraction of sp³-hybridized carbons (Fsp3) is 0.250. The van der Waals surface area contributed by atoms with Crippen molar-refractivity contribution in [3.05, 3.63) is 36.1 Å². The summed E-state index contributed by atoms with van der Waals surface area (Å²) in [6, 6.07) is 8.15. The zero-order chi connectivity index (χ0) is 13.9. The molecule has 1 heterocycles. The van der Waals surface area contributed by atoms with E-state index in [0.717, 1.165) is 0 Å². The predicted molar refractivity (Wildman–Crippen MR) is 73.6 cm³/mol. The summed E-state index contributed by atoms with van der Waals surface area (Å²) in [5, 5.41) is 3.66. The van der Waals surface area contributed by atoms with Crippen LogP contribution in [0.5, 0.6) is 5.75 Å². The van der Waals surface area contributed by atoms with Crippen LogP contribution in [0, 0.1) is 6.92 Å². The van der Waals surface area contributed by atoms with Crippen molar-refractivity contribution in [1.29, 1.82) is 0 Å². The van der Waals surface area contributed by atoms with Crippen LogP contribution in [0.4, 0.5) is 5.82 Å². The summed E-state index contributed by atoms with van der Waals surface area (Å²) < 4.78 is 32.9. The third kappa shape index (κ3) is 3.40. The fourth-order valence-corrected chi connectivity index (χ4v) is 2.53. The van der Waals surface area contributed by atoms with E-state index < -0.39 is 10.8 Å². The van der Waals surface area contributed by atoms with Gasteiger partial charge in [-0.15, -0.1) is 0 Å². The molecule has 104 valence electrons. The molecule has 0 aliphatic rings. The minimum Gasteiger partial charge on any atom is -0.494 e. The van der Waals surface area contributed by atoms with Crippen LogP contribution in [0.3, 0.4) is 0 Å². The highest BCUT2D eigenvalue weighted by atomic mass is 32.3. The van der Waals surface area contributed by atoms with Gasteiger partial charge in [-0.2, -0.15) is 0 Å². The topological polar surface area (TPSA) is 87.8 Å². The first-order chi connectivity index (χ1) is 9.01. The third-order valence-corrected chi connectivity index (χ3v) is 3.76.